The van der Waals surface area contributed by atoms with Crippen molar-refractivity contribution in [2.75, 3.05) is 13.2 Å². The molecular formula is C14H22F3N3O. The number of hydrogen-bond donors (Lipinski definition) is 1. The van der Waals surface area contributed by atoms with E-state index in [1.54, 1.807) is 6.20 Å². The summed E-state index contributed by atoms with van der Waals surface area (Å²) >= 11 is 0. The van der Waals surface area contributed by atoms with Crippen LogP contribution in [0.5, 0.6) is 6.01 Å². The van der Waals surface area contributed by atoms with Gasteiger partial charge in [-0.3, -0.25) is 0 Å². The molecule has 1 aromatic heterocycles. The Bertz CT molecular complexity index is 436. The number of nitrogens with zero attached hydrogens (tertiary/aromatic N) is 2. The lowest BCUT2D eigenvalue weighted by Crippen LogP contribution is -2.20. The summed E-state index contributed by atoms with van der Waals surface area (Å²) in [5, 5.41) is 3.28. The first-order chi connectivity index (χ1) is 9.78. The van der Waals surface area contributed by atoms with Crippen LogP contribution in [0.2, 0.25) is 0 Å². The maximum absolute atomic E-state index is 12.0. The number of ether oxygens (including phenoxy) is 1. The average Bonchev–Trinajstić information content (AvgIpc) is 2.35. The van der Waals surface area contributed by atoms with Gasteiger partial charge in [-0.1, -0.05) is 13.8 Å². The van der Waals surface area contributed by atoms with Crippen molar-refractivity contribution in [3.05, 3.63) is 17.5 Å². The number of alkyl halides is 3. The minimum absolute atomic E-state index is 0.0378. The summed E-state index contributed by atoms with van der Waals surface area (Å²) < 4.78 is 41.1. The van der Waals surface area contributed by atoms with E-state index in [2.05, 4.69) is 29.1 Å². The van der Waals surface area contributed by atoms with Crippen molar-refractivity contribution in [1.29, 1.82) is 0 Å². The molecule has 0 aromatic carbocycles. The second kappa shape index (κ2) is 8.17. The Balaban J connectivity index is 2.39. The molecule has 0 bridgehead atoms. The standard InChI is InChI=1S/C14H22F3N3O/c1-10(2)7-18-8-12-9-19-13(20-11(12)3)21-6-4-5-14(15,16)17/h9-10,18H,4-8H2,1-3H3. The topological polar surface area (TPSA) is 47.0 Å². The highest BCUT2D eigenvalue weighted by Crippen LogP contribution is 2.21. The van der Waals surface area contributed by atoms with Gasteiger partial charge in [-0.2, -0.15) is 13.2 Å². The van der Waals surface area contributed by atoms with Gasteiger partial charge in [0, 0.05) is 30.4 Å². The van der Waals surface area contributed by atoms with Crippen molar-refractivity contribution in [3.63, 3.8) is 0 Å². The van der Waals surface area contributed by atoms with Crippen molar-refractivity contribution in [1.82, 2.24) is 15.3 Å². The highest BCUT2D eigenvalue weighted by atomic mass is 19.4. The van der Waals surface area contributed by atoms with Crippen LogP contribution in [0, 0.1) is 12.8 Å². The lowest BCUT2D eigenvalue weighted by Gasteiger charge is -2.10. The van der Waals surface area contributed by atoms with Gasteiger partial charge in [-0.05, 0) is 25.8 Å². The second-order valence-corrected chi connectivity index (χ2v) is 5.36. The molecule has 0 amide bonds. The molecule has 0 unspecified atom stereocenters. The van der Waals surface area contributed by atoms with E-state index in [1.807, 2.05) is 6.92 Å². The molecule has 0 aliphatic carbocycles. The van der Waals surface area contributed by atoms with E-state index in [1.165, 1.54) is 0 Å². The Labute approximate surface area is 123 Å². The SMILES string of the molecule is Cc1nc(OCCCC(F)(F)F)ncc1CNCC(C)C. The Kier molecular flexibility index (Phi) is 6.87. The Morgan fingerprint density at radius 3 is 2.62 bits per heavy atom. The molecule has 7 heteroatoms. The van der Waals surface area contributed by atoms with Crippen molar-refractivity contribution in [2.24, 2.45) is 5.92 Å². The Morgan fingerprint density at radius 1 is 1.33 bits per heavy atom. The molecular weight excluding hydrogens is 283 g/mol. The van der Waals surface area contributed by atoms with Crippen LogP contribution in [-0.2, 0) is 6.54 Å². The third-order valence-electron chi connectivity index (χ3n) is 2.76. The summed E-state index contributed by atoms with van der Waals surface area (Å²) in [6.45, 7) is 7.59. The van der Waals surface area contributed by atoms with Crippen LogP contribution in [0.25, 0.3) is 0 Å². The molecule has 0 fully saturated rings. The van der Waals surface area contributed by atoms with Gasteiger partial charge in [-0.15, -0.1) is 0 Å². The largest absolute Gasteiger partial charge is 0.463 e. The van der Waals surface area contributed by atoms with E-state index >= 15 is 0 Å². The van der Waals surface area contributed by atoms with Crippen LogP contribution in [0.1, 0.15) is 37.9 Å². The van der Waals surface area contributed by atoms with Gasteiger partial charge < -0.3 is 10.1 Å². The van der Waals surface area contributed by atoms with Gasteiger partial charge in [0.2, 0.25) is 0 Å². The van der Waals surface area contributed by atoms with E-state index in [9.17, 15) is 13.2 Å². The highest BCUT2D eigenvalue weighted by Gasteiger charge is 2.26. The van der Waals surface area contributed by atoms with Gasteiger partial charge in [0.05, 0.1) is 6.61 Å². The van der Waals surface area contributed by atoms with Crippen LogP contribution < -0.4 is 10.1 Å². The smallest absolute Gasteiger partial charge is 0.389 e. The first kappa shape index (κ1) is 17.7. The molecule has 0 aliphatic rings. The second-order valence-electron chi connectivity index (χ2n) is 5.36. The molecule has 0 saturated heterocycles. The van der Waals surface area contributed by atoms with Gasteiger partial charge >= 0.3 is 12.2 Å². The number of nitrogens with one attached hydrogen (secondary N) is 1. The zero-order valence-corrected chi connectivity index (χ0v) is 12.6. The molecule has 4 nitrogen and oxygen atoms in total. The lowest BCUT2D eigenvalue weighted by atomic mass is 10.2. The van der Waals surface area contributed by atoms with E-state index in [-0.39, 0.29) is 19.0 Å². The van der Waals surface area contributed by atoms with Crippen LogP contribution in [-0.4, -0.2) is 29.3 Å². The predicted molar refractivity (Wildman–Crippen MR) is 74.1 cm³/mol. The average molecular weight is 305 g/mol. The number of rotatable bonds is 8. The fourth-order valence-corrected chi connectivity index (χ4v) is 1.65. The van der Waals surface area contributed by atoms with Gasteiger partial charge in [0.1, 0.15) is 0 Å². The zero-order valence-electron chi connectivity index (χ0n) is 12.6. The molecule has 120 valence electrons. The fraction of sp³-hybridized carbons (Fsp3) is 0.714. The minimum Gasteiger partial charge on any atom is -0.463 e. The number of halogens is 3. The number of hydrogen-bond acceptors (Lipinski definition) is 4. The molecule has 1 heterocycles. The van der Waals surface area contributed by atoms with Crippen molar-refractivity contribution in [3.8, 4) is 6.01 Å². The quantitative estimate of drug-likeness (QED) is 0.749. The molecule has 1 aromatic rings. The minimum atomic E-state index is -4.15. The van der Waals surface area contributed by atoms with Crippen molar-refractivity contribution < 1.29 is 17.9 Å². The first-order valence-electron chi connectivity index (χ1n) is 7.00. The molecule has 0 saturated carbocycles. The van der Waals surface area contributed by atoms with E-state index in [0.717, 1.165) is 17.8 Å². The van der Waals surface area contributed by atoms with E-state index < -0.39 is 12.6 Å². The molecule has 0 aliphatic heterocycles. The summed E-state index contributed by atoms with van der Waals surface area (Å²) in [6, 6.07) is 0.127. The summed E-state index contributed by atoms with van der Waals surface area (Å²) in [5.41, 5.74) is 1.73. The van der Waals surface area contributed by atoms with Gasteiger partial charge in [0.25, 0.3) is 0 Å². The normalized spacial score (nSPS) is 12.0. The maximum atomic E-state index is 12.0. The van der Waals surface area contributed by atoms with Crippen LogP contribution in [0.3, 0.4) is 0 Å². The lowest BCUT2D eigenvalue weighted by molar-refractivity contribution is -0.136. The highest BCUT2D eigenvalue weighted by molar-refractivity contribution is 5.17. The summed E-state index contributed by atoms with van der Waals surface area (Å²) in [5.74, 6) is 0.558. The van der Waals surface area contributed by atoms with E-state index in [0.29, 0.717) is 12.5 Å². The van der Waals surface area contributed by atoms with Crippen LogP contribution >= 0.6 is 0 Å². The van der Waals surface area contributed by atoms with Gasteiger partial charge in [-0.25, -0.2) is 9.97 Å². The number of aryl methyl sites for hydroxylation is 1. The Morgan fingerprint density at radius 2 is 2.05 bits per heavy atom. The monoisotopic (exact) mass is 305 g/mol. The van der Waals surface area contributed by atoms with Crippen molar-refractivity contribution in [2.45, 2.75) is 46.3 Å². The van der Waals surface area contributed by atoms with Crippen molar-refractivity contribution >= 4 is 0 Å². The third-order valence-corrected chi connectivity index (χ3v) is 2.76. The van der Waals surface area contributed by atoms with E-state index in [4.69, 9.17) is 4.74 Å². The summed E-state index contributed by atoms with van der Waals surface area (Å²) in [6.07, 6.45) is -3.45. The summed E-state index contributed by atoms with van der Waals surface area (Å²) in [4.78, 5) is 8.17. The molecule has 21 heavy (non-hydrogen) atoms. The number of aromatic nitrogens is 2. The molecule has 0 spiro atoms. The molecule has 0 atom stereocenters. The van der Waals surface area contributed by atoms with Crippen LogP contribution in [0.4, 0.5) is 13.2 Å². The first-order valence-corrected chi connectivity index (χ1v) is 7.00. The van der Waals surface area contributed by atoms with Gasteiger partial charge in [0.15, 0.2) is 0 Å². The Hall–Kier alpha value is -1.37. The summed E-state index contributed by atoms with van der Waals surface area (Å²) in [7, 11) is 0. The maximum Gasteiger partial charge on any atom is 0.389 e. The molecule has 0 radical (unpaired) electrons. The molecule has 1 N–H and O–H groups in total. The van der Waals surface area contributed by atoms with Crippen LogP contribution in [0.15, 0.2) is 6.20 Å². The zero-order chi connectivity index (χ0) is 15.9. The third kappa shape index (κ3) is 7.84. The molecule has 1 rings (SSSR count). The predicted octanol–water partition coefficient (Wildman–Crippen LogP) is 3.25. The fourth-order valence-electron chi connectivity index (χ4n) is 1.65.